The van der Waals surface area contributed by atoms with E-state index in [1.165, 1.54) is 11.8 Å². The van der Waals surface area contributed by atoms with Crippen molar-refractivity contribution in [2.24, 2.45) is 7.05 Å². The average Bonchev–Trinajstić information content (AvgIpc) is 2.91. The first kappa shape index (κ1) is 15.6. The molecule has 1 aliphatic heterocycles. The molecular formula is C16H18N4O2S. The smallest absolute Gasteiger partial charge is 0.250 e. The van der Waals surface area contributed by atoms with Gasteiger partial charge >= 0.3 is 0 Å². The molecule has 2 amide bonds. The Morgan fingerprint density at radius 1 is 1.35 bits per heavy atom. The minimum atomic E-state index is -0.937. The van der Waals surface area contributed by atoms with E-state index in [0.29, 0.717) is 5.69 Å². The molecule has 0 aliphatic carbocycles. The van der Waals surface area contributed by atoms with Crippen molar-refractivity contribution in [2.75, 3.05) is 16.0 Å². The number of rotatable bonds is 3. The molecule has 0 saturated carbocycles. The maximum absolute atomic E-state index is 12.8. The summed E-state index contributed by atoms with van der Waals surface area (Å²) in [7, 11) is 1.88. The predicted octanol–water partition coefficient (Wildman–Crippen LogP) is 2.28. The van der Waals surface area contributed by atoms with E-state index < -0.39 is 5.54 Å². The third kappa shape index (κ3) is 2.72. The van der Waals surface area contributed by atoms with Gasteiger partial charge in [0.2, 0.25) is 11.8 Å². The minimum Gasteiger partial charge on any atom is -0.329 e. The highest BCUT2D eigenvalue weighted by Gasteiger charge is 2.43. The number of thioether (sulfide) groups is 1. The number of aryl methyl sites for hydroxylation is 1. The Kier molecular flexibility index (Phi) is 3.89. The van der Waals surface area contributed by atoms with Crippen LogP contribution in [0.15, 0.2) is 41.8 Å². The lowest BCUT2D eigenvalue weighted by Crippen LogP contribution is -2.58. The zero-order valence-corrected chi connectivity index (χ0v) is 14.1. The SMILES string of the molecule is Cn1ccnc1SCC(=O)N1c2ccccc2NC(=O)C1(C)C. The molecule has 2 heterocycles. The van der Waals surface area contributed by atoms with Crippen molar-refractivity contribution < 1.29 is 9.59 Å². The number of nitrogens with zero attached hydrogens (tertiary/aromatic N) is 3. The first-order valence-corrected chi connectivity index (χ1v) is 8.23. The van der Waals surface area contributed by atoms with Gasteiger partial charge < -0.3 is 9.88 Å². The molecule has 23 heavy (non-hydrogen) atoms. The summed E-state index contributed by atoms with van der Waals surface area (Å²) in [4.78, 5) is 31.0. The van der Waals surface area contributed by atoms with Gasteiger partial charge in [0, 0.05) is 19.4 Å². The van der Waals surface area contributed by atoms with Crippen LogP contribution in [0, 0.1) is 0 Å². The highest BCUT2D eigenvalue weighted by Crippen LogP contribution is 2.37. The summed E-state index contributed by atoms with van der Waals surface area (Å²) in [5.74, 6) is -0.0903. The second kappa shape index (κ2) is 5.73. The number of fused-ring (bicyclic) bond motifs is 1. The molecule has 7 heteroatoms. The molecule has 6 nitrogen and oxygen atoms in total. The number of imidazole rings is 1. The zero-order valence-electron chi connectivity index (χ0n) is 13.2. The number of para-hydroxylation sites is 2. The molecule has 0 radical (unpaired) electrons. The standard InChI is InChI=1S/C16H18N4O2S/c1-16(2)14(22)18-11-6-4-5-7-12(11)20(16)13(21)10-23-15-17-8-9-19(15)3/h4-9H,10H2,1-3H3,(H,18,22). The van der Waals surface area contributed by atoms with Gasteiger partial charge in [-0.2, -0.15) is 0 Å². The summed E-state index contributed by atoms with van der Waals surface area (Å²) in [6.07, 6.45) is 3.53. The fraction of sp³-hybridized carbons (Fsp3) is 0.312. The van der Waals surface area contributed by atoms with Gasteiger partial charge in [0.25, 0.3) is 0 Å². The van der Waals surface area contributed by atoms with Crippen molar-refractivity contribution in [1.82, 2.24) is 9.55 Å². The van der Waals surface area contributed by atoms with E-state index in [1.54, 1.807) is 31.0 Å². The Labute approximate surface area is 138 Å². The van der Waals surface area contributed by atoms with E-state index in [0.717, 1.165) is 10.8 Å². The number of anilines is 2. The van der Waals surface area contributed by atoms with E-state index >= 15 is 0 Å². The van der Waals surface area contributed by atoms with Crippen LogP contribution in [0.2, 0.25) is 0 Å². The Hall–Kier alpha value is -2.28. The van der Waals surface area contributed by atoms with Crippen molar-refractivity contribution in [1.29, 1.82) is 0 Å². The zero-order chi connectivity index (χ0) is 16.6. The highest BCUT2D eigenvalue weighted by atomic mass is 32.2. The summed E-state index contributed by atoms with van der Waals surface area (Å²) in [6.45, 7) is 3.50. The van der Waals surface area contributed by atoms with Gasteiger partial charge in [-0.1, -0.05) is 23.9 Å². The van der Waals surface area contributed by atoms with Crippen LogP contribution in [0.5, 0.6) is 0 Å². The van der Waals surface area contributed by atoms with Crippen molar-refractivity contribution >= 4 is 35.0 Å². The van der Waals surface area contributed by atoms with Crippen LogP contribution in [0.25, 0.3) is 0 Å². The summed E-state index contributed by atoms with van der Waals surface area (Å²) in [6, 6.07) is 7.34. The molecule has 0 fully saturated rings. The molecular weight excluding hydrogens is 312 g/mol. The lowest BCUT2D eigenvalue weighted by Gasteiger charge is -2.42. The fourth-order valence-electron chi connectivity index (χ4n) is 2.58. The van der Waals surface area contributed by atoms with Gasteiger partial charge in [-0.15, -0.1) is 0 Å². The monoisotopic (exact) mass is 330 g/mol. The molecule has 1 N–H and O–H groups in total. The van der Waals surface area contributed by atoms with Gasteiger partial charge in [-0.25, -0.2) is 4.98 Å². The van der Waals surface area contributed by atoms with Gasteiger partial charge in [0.15, 0.2) is 5.16 Å². The molecule has 1 aromatic heterocycles. The lowest BCUT2D eigenvalue weighted by molar-refractivity contribution is -0.125. The number of carbonyl (C=O) groups excluding carboxylic acids is 2. The topological polar surface area (TPSA) is 67.2 Å². The van der Waals surface area contributed by atoms with E-state index in [1.807, 2.05) is 36.0 Å². The third-order valence-corrected chi connectivity index (χ3v) is 4.90. The molecule has 120 valence electrons. The maximum atomic E-state index is 12.8. The molecule has 2 aromatic rings. The quantitative estimate of drug-likeness (QED) is 0.877. The number of amides is 2. The van der Waals surface area contributed by atoms with Crippen molar-refractivity contribution in [3.05, 3.63) is 36.7 Å². The fourth-order valence-corrected chi connectivity index (χ4v) is 3.36. The molecule has 3 rings (SSSR count). The van der Waals surface area contributed by atoms with Crippen LogP contribution >= 0.6 is 11.8 Å². The third-order valence-electron chi connectivity index (χ3n) is 3.86. The Morgan fingerprint density at radius 3 is 2.78 bits per heavy atom. The normalized spacial score (nSPS) is 16.0. The molecule has 0 bridgehead atoms. The second-order valence-electron chi connectivity index (χ2n) is 5.87. The largest absolute Gasteiger partial charge is 0.329 e. The summed E-state index contributed by atoms with van der Waals surface area (Å²) in [5.41, 5.74) is 0.447. The summed E-state index contributed by atoms with van der Waals surface area (Å²) >= 11 is 1.36. The van der Waals surface area contributed by atoms with Crippen LogP contribution < -0.4 is 10.2 Å². The number of hydrogen-bond donors (Lipinski definition) is 1. The minimum absolute atomic E-state index is 0.120. The van der Waals surface area contributed by atoms with Gasteiger partial charge in [0.05, 0.1) is 17.1 Å². The number of carbonyl (C=O) groups is 2. The van der Waals surface area contributed by atoms with E-state index in [4.69, 9.17) is 0 Å². The molecule has 0 spiro atoms. The van der Waals surface area contributed by atoms with Crippen LogP contribution in [-0.2, 0) is 16.6 Å². The maximum Gasteiger partial charge on any atom is 0.250 e. The molecule has 1 aromatic carbocycles. The van der Waals surface area contributed by atoms with Crippen molar-refractivity contribution in [3.63, 3.8) is 0 Å². The van der Waals surface area contributed by atoms with Crippen LogP contribution in [-0.4, -0.2) is 32.7 Å². The lowest BCUT2D eigenvalue weighted by atomic mass is 9.96. The Morgan fingerprint density at radius 2 is 2.09 bits per heavy atom. The van der Waals surface area contributed by atoms with Crippen LogP contribution in [0.4, 0.5) is 11.4 Å². The Balaban J connectivity index is 1.88. The molecule has 0 atom stereocenters. The van der Waals surface area contributed by atoms with Gasteiger partial charge in [-0.05, 0) is 26.0 Å². The predicted molar refractivity (Wildman–Crippen MR) is 90.6 cm³/mol. The van der Waals surface area contributed by atoms with E-state index in [2.05, 4.69) is 10.3 Å². The highest BCUT2D eigenvalue weighted by molar-refractivity contribution is 7.99. The number of nitrogens with one attached hydrogen (secondary N) is 1. The number of aromatic nitrogens is 2. The van der Waals surface area contributed by atoms with E-state index in [9.17, 15) is 9.59 Å². The second-order valence-corrected chi connectivity index (χ2v) is 6.81. The Bertz CT molecular complexity index is 769. The molecule has 0 saturated heterocycles. The number of hydrogen-bond acceptors (Lipinski definition) is 4. The average molecular weight is 330 g/mol. The molecule has 1 aliphatic rings. The first-order valence-electron chi connectivity index (χ1n) is 7.25. The van der Waals surface area contributed by atoms with Crippen LogP contribution in [0.1, 0.15) is 13.8 Å². The summed E-state index contributed by atoms with van der Waals surface area (Å²) in [5, 5.41) is 3.63. The van der Waals surface area contributed by atoms with Gasteiger partial charge in [0.1, 0.15) is 5.54 Å². The van der Waals surface area contributed by atoms with E-state index in [-0.39, 0.29) is 17.6 Å². The van der Waals surface area contributed by atoms with Crippen molar-refractivity contribution in [2.45, 2.75) is 24.5 Å². The summed E-state index contributed by atoms with van der Waals surface area (Å²) < 4.78 is 1.86. The number of benzene rings is 1. The molecule has 0 unspecified atom stereocenters. The van der Waals surface area contributed by atoms with Gasteiger partial charge in [-0.3, -0.25) is 14.5 Å². The van der Waals surface area contributed by atoms with Crippen LogP contribution in [0.3, 0.4) is 0 Å². The first-order chi connectivity index (χ1) is 10.9. The van der Waals surface area contributed by atoms with Crippen molar-refractivity contribution in [3.8, 4) is 0 Å².